The lowest BCUT2D eigenvalue weighted by atomic mass is 10.0. The third-order valence-corrected chi connectivity index (χ3v) is 4.79. The van der Waals surface area contributed by atoms with Crippen LogP contribution >= 0.6 is 0 Å². The standard InChI is InChI=1S/C17H24FN7O3.CH2O2/c18-12-7-14(21-15(26)3-1-13-2-4-16(27)23-22-13)9-25(8-12)17(28)5-6-24-10-19-20-11-24;2-1-3/h10-12,14H,1-9H2,(H,21,26)(H,23,27);1H,(H,2,3)/t12-,14+;/m1./s1. The highest BCUT2D eigenvalue weighted by Crippen LogP contribution is 2.16. The normalized spacial score (nSPS) is 20.6. The van der Waals surface area contributed by atoms with Crippen molar-refractivity contribution in [1.29, 1.82) is 0 Å². The number of carboxylic acid groups (broad SMARTS) is 1. The number of aryl methyl sites for hydroxylation is 1. The summed E-state index contributed by atoms with van der Waals surface area (Å²) >= 11 is 0. The van der Waals surface area contributed by atoms with Crippen LogP contribution in [0.25, 0.3) is 0 Å². The Balaban J connectivity index is 0.00000107. The monoisotopic (exact) mass is 439 g/mol. The Bertz CT molecular complexity index is 786. The number of alkyl halides is 1. The van der Waals surface area contributed by atoms with Gasteiger partial charge in [-0.15, -0.1) is 10.2 Å². The van der Waals surface area contributed by atoms with Gasteiger partial charge in [0, 0.05) is 50.5 Å². The van der Waals surface area contributed by atoms with Crippen molar-refractivity contribution in [3.05, 3.63) is 12.7 Å². The zero-order valence-electron chi connectivity index (χ0n) is 16.9. The molecule has 2 aliphatic heterocycles. The number of piperidine rings is 1. The smallest absolute Gasteiger partial charge is 0.290 e. The number of hydrogen-bond acceptors (Lipinski definition) is 7. The molecule has 3 heterocycles. The van der Waals surface area contributed by atoms with Crippen molar-refractivity contribution in [3.63, 3.8) is 0 Å². The van der Waals surface area contributed by atoms with E-state index < -0.39 is 12.2 Å². The minimum Gasteiger partial charge on any atom is -0.483 e. The molecule has 0 aromatic carbocycles. The van der Waals surface area contributed by atoms with Gasteiger partial charge in [-0.05, 0) is 12.8 Å². The number of carbonyl (C=O) groups is 4. The van der Waals surface area contributed by atoms with Crippen LogP contribution in [0.1, 0.15) is 38.5 Å². The van der Waals surface area contributed by atoms with Crippen LogP contribution in [0.2, 0.25) is 0 Å². The van der Waals surface area contributed by atoms with Gasteiger partial charge in [0.25, 0.3) is 6.47 Å². The Labute approximate surface area is 177 Å². The minimum absolute atomic E-state index is 0.0455. The van der Waals surface area contributed by atoms with E-state index in [1.54, 1.807) is 4.57 Å². The van der Waals surface area contributed by atoms with Gasteiger partial charge >= 0.3 is 0 Å². The molecule has 0 aliphatic carbocycles. The van der Waals surface area contributed by atoms with E-state index in [2.05, 4.69) is 26.0 Å². The third kappa shape index (κ3) is 8.48. The van der Waals surface area contributed by atoms with Crippen molar-refractivity contribution >= 4 is 29.9 Å². The highest BCUT2D eigenvalue weighted by Gasteiger charge is 2.30. The fourth-order valence-corrected chi connectivity index (χ4v) is 3.32. The van der Waals surface area contributed by atoms with E-state index in [4.69, 9.17) is 9.90 Å². The number of hydrogen-bond donors (Lipinski definition) is 3. The van der Waals surface area contributed by atoms with Gasteiger partial charge < -0.3 is 19.9 Å². The van der Waals surface area contributed by atoms with Crippen LogP contribution < -0.4 is 10.7 Å². The van der Waals surface area contributed by atoms with Crippen LogP contribution in [0, 0.1) is 0 Å². The molecular weight excluding hydrogens is 413 g/mol. The maximum absolute atomic E-state index is 14.1. The molecule has 2 atom stereocenters. The van der Waals surface area contributed by atoms with Crippen LogP contribution in [0.15, 0.2) is 17.8 Å². The number of rotatable bonds is 7. The second kappa shape index (κ2) is 12.3. The number of aromatic nitrogens is 3. The van der Waals surface area contributed by atoms with Gasteiger partial charge in [-0.25, -0.2) is 9.82 Å². The molecule has 0 bridgehead atoms. The third-order valence-electron chi connectivity index (χ3n) is 4.79. The first-order valence-corrected chi connectivity index (χ1v) is 9.87. The highest BCUT2D eigenvalue weighted by molar-refractivity contribution is 5.94. The van der Waals surface area contributed by atoms with Crippen molar-refractivity contribution in [2.45, 2.75) is 57.3 Å². The molecule has 1 aromatic heterocycles. The first kappa shape index (κ1) is 23.9. The van der Waals surface area contributed by atoms with E-state index >= 15 is 0 Å². The molecule has 2 aliphatic rings. The number of hydrazone groups is 1. The minimum atomic E-state index is -1.17. The Hall–Kier alpha value is -3.38. The maximum Gasteiger partial charge on any atom is 0.290 e. The first-order chi connectivity index (χ1) is 14.9. The van der Waals surface area contributed by atoms with Gasteiger partial charge in [-0.2, -0.15) is 5.10 Å². The fraction of sp³-hybridized carbons (Fsp3) is 0.611. The van der Waals surface area contributed by atoms with Crippen LogP contribution in [-0.4, -0.2) is 80.0 Å². The number of nitrogens with zero attached hydrogens (tertiary/aromatic N) is 5. The van der Waals surface area contributed by atoms with Gasteiger partial charge in [-0.1, -0.05) is 0 Å². The predicted octanol–water partition coefficient (Wildman–Crippen LogP) is -0.530. The van der Waals surface area contributed by atoms with Gasteiger partial charge in [0.1, 0.15) is 18.8 Å². The van der Waals surface area contributed by atoms with Crippen molar-refractivity contribution in [3.8, 4) is 0 Å². The molecule has 3 amide bonds. The highest BCUT2D eigenvalue weighted by atomic mass is 19.1. The number of nitrogens with one attached hydrogen (secondary N) is 2. The van der Waals surface area contributed by atoms with Crippen molar-refractivity contribution < 1.29 is 28.7 Å². The van der Waals surface area contributed by atoms with Gasteiger partial charge in [-0.3, -0.25) is 19.2 Å². The second-order valence-electron chi connectivity index (χ2n) is 7.16. The fourth-order valence-electron chi connectivity index (χ4n) is 3.32. The molecule has 170 valence electrons. The first-order valence-electron chi connectivity index (χ1n) is 9.87. The lowest BCUT2D eigenvalue weighted by molar-refractivity contribution is -0.135. The molecule has 1 fully saturated rings. The van der Waals surface area contributed by atoms with Crippen molar-refractivity contribution in [1.82, 2.24) is 30.4 Å². The van der Waals surface area contributed by atoms with Gasteiger partial charge in [0.05, 0.1) is 6.54 Å². The number of carbonyl (C=O) groups excluding carboxylic acids is 3. The van der Waals surface area contributed by atoms with Crippen LogP contribution in [0.4, 0.5) is 4.39 Å². The second-order valence-corrected chi connectivity index (χ2v) is 7.16. The Kier molecular flexibility index (Phi) is 9.52. The molecule has 1 aromatic rings. The van der Waals surface area contributed by atoms with Crippen LogP contribution in [0.3, 0.4) is 0 Å². The lowest BCUT2D eigenvalue weighted by Crippen LogP contribution is -2.53. The van der Waals surface area contributed by atoms with Crippen molar-refractivity contribution in [2.24, 2.45) is 5.10 Å². The Morgan fingerprint density at radius 1 is 1.26 bits per heavy atom. The Morgan fingerprint density at radius 2 is 1.97 bits per heavy atom. The van der Waals surface area contributed by atoms with E-state index in [-0.39, 0.29) is 50.0 Å². The SMILES string of the molecule is O=C1CCC(CCC(=O)N[C@H]2C[C@@H](F)CN(C(=O)CCn3cnnc3)C2)=NN1.O=CO. The largest absolute Gasteiger partial charge is 0.483 e. The molecule has 31 heavy (non-hydrogen) atoms. The summed E-state index contributed by atoms with van der Waals surface area (Å²) in [6.07, 6.45) is 3.86. The number of amides is 3. The summed E-state index contributed by atoms with van der Waals surface area (Å²) in [5, 5.41) is 21.0. The Morgan fingerprint density at radius 3 is 2.61 bits per heavy atom. The summed E-state index contributed by atoms with van der Waals surface area (Å²) in [6.45, 7) is 0.517. The van der Waals surface area contributed by atoms with Crippen molar-refractivity contribution in [2.75, 3.05) is 13.1 Å². The summed E-state index contributed by atoms with van der Waals surface area (Å²) in [6, 6.07) is -0.414. The lowest BCUT2D eigenvalue weighted by Gasteiger charge is -2.35. The average Bonchev–Trinajstić information content (AvgIpc) is 3.25. The van der Waals surface area contributed by atoms with Crippen LogP contribution in [0.5, 0.6) is 0 Å². The van der Waals surface area contributed by atoms with E-state index in [9.17, 15) is 18.8 Å². The predicted molar refractivity (Wildman–Crippen MR) is 105 cm³/mol. The molecule has 0 unspecified atom stereocenters. The molecule has 0 spiro atoms. The van der Waals surface area contributed by atoms with E-state index in [0.29, 0.717) is 32.4 Å². The summed E-state index contributed by atoms with van der Waals surface area (Å²) < 4.78 is 15.8. The molecule has 0 radical (unpaired) electrons. The summed E-state index contributed by atoms with van der Waals surface area (Å²) in [7, 11) is 0. The van der Waals surface area contributed by atoms with Crippen LogP contribution in [-0.2, 0) is 25.7 Å². The number of likely N-dealkylation sites (tertiary alicyclic amines) is 1. The topological polar surface area (TPSA) is 159 Å². The molecule has 13 heteroatoms. The van der Waals surface area contributed by atoms with Gasteiger partial charge in [0.2, 0.25) is 17.7 Å². The zero-order valence-corrected chi connectivity index (χ0v) is 16.9. The quantitative estimate of drug-likeness (QED) is 0.482. The summed E-state index contributed by atoms with van der Waals surface area (Å²) in [5.41, 5.74) is 3.17. The average molecular weight is 439 g/mol. The number of halogens is 1. The molecule has 3 N–H and O–H groups in total. The van der Waals surface area contributed by atoms with E-state index in [0.717, 1.165) is 5.71 Å². The molecule has 12 nitrogen and oxygen atoms in total. The molecule has 3 rings (SSSR count). The van der Waals surface area contributed by atoms with E-state index in [1.165, 1.54) is 17.6 Å². The maximum atomic E-state index is 14.1. The summed E-state index contributed by atoms with van der Waals surface area (Å²) in [4.78, 5) is 45.4. The zero-order chi connectivity index (χ0) is 22.6. The summed E-state index contributed by atoms with van der Waals surface area (Å²) in [5.74, 6) is -0.503. The molecule has 1 saturated heterocycles. The molecular formula is C18H26FN7O5. The van der Waals surface area contributed by atoms with E-state index in [1.807, 2.05) is 0 Å². The van der Waals surface area contributed by atoms with Gasteiger partial charge in [0.15, 0.2) is 0 Å². The molecule has 0 saturated carbocycles.